The Morgan fingerprint density at radius 1 is 1.04 bits per heavy atom. The Kier molecular flexibility index (Phi) is 5.69. The number of hydrogen-bond acceptors (Lipinski definition) is 5. The minimum atomic E-state index is -0.0949. The van der Waals surface area contributed by atoms with Gasteiger partial charge in [0.15, 0.2) is 5.58 Å². The van der Waals surface area contributed by atoms with Crippen LogP contribution < -0.4 is 5.32 Å². The fraction of sp³-hybridized carbons (Fsp3) is 0.364. The zero-order chi connectivity index (χ0) is 19.3. The van der Waals surface area contributed by atoms with Crippen molar-refractivity contribution in [1.82, 2.24) is 15.0 Å². The molecule has 0 bridgehead atoms. The summed E-state index contributed by atoms with van der Waals surface area (Å²) in [6.45, 7) is 8.80. The average Bonchev–Trinajstić information content (AvgIpc) is 3.13. The molecule has 0 aliphatic carbocycles. The maximum atomic E-state index is 12.4. The molecule has 0 radical (unpaired) electrons. The predicted octanol–water partition coefficient (Wildman–Crippen LogP) is 3.15. The molecule has 1 N–H and O–H groups in total. The quantitative estimate of drug-likeness (QED) is 0.714. The fourth-order valence-electron chi connectivity index (χ4n) is 3.64. The smallest absolute Gasteiger partial charge is 0.230 e. The monoisotopic (exact) mass is 378 g/mol. The number of fused-ring (bicyclic) bond motifs is 1. The summed E-state index contributed by atoms with van der Waals surface area (Å²) in [6.07, 6.45) is 0.195. The van der Waals surface area contributed by atoms with Crippen molar-refractivity contribution < 1.29 is 9.32 Å². The highest BCUT2D eigenvalue weighted by atomic mass is 16.5. The third-order valence-electron chi connectivity index (χ3n) is 5.34. The second kappa shape index (κ2) is 8.54. The van der Waals surface area contributed by atoms with Crippen molar-refractivity contribution in [3.8, 4) is 0 Å². The Bertz CT molecular complexity index is 927. The van der Waals surface area contributed by atoms with Gasteiger partial charge >= 0.3 is 0 Å². The molecule has 2 aromatic carbocycles. The van der Waals surface area contributed by atoms with Gasteiger partial charge in [-0.2, -0.15) is 0 Å². The van der Waals surface area contributed by atoms with Crippen LogP contribution in [0.5, 0.6) is 0 Å². The number of benzene rings is 2. The number of carbonyl (C=O) groups is 1. The van der Waals surface area contributed by atoms with Crippen LogP contribution in [0.15, 0.2) is 53.1 Å². The Morgan fingerprint density at radius 2 is 1.75 bits per heavy atom. The van der Waals surface area contributed by atoms with E-state index >= 15 is 0 Å². The van der Waals surface area contributed by atoms with Crippen molar-refractivity contribution in [1.29, 1.82) is 0 Å². The molecule has 6 heteroatoms. The van der Waals surface area contributed by atoms with Crippen LogP contribution in [0.25, 0.3) is 11.0 Å². The Hall–Kier alpha value is -2.70. The number of amides is 1. The minimum Gasteiger partial charge on any atom is -0.356 e. The third-order valence-corrected chi connectivity index (χ3v) is 5.34. The van der Waals surface area contributed by atoms with E-state index in [-0.39, 0.29) is 12.3 Å². The van der Waals surface area contributed by atoms with Crippen LogP contribution in [0, 0.1) is 0 Å². The molecule has 0 unspecified atom stereocenters. The van der Waals surface area contributed by atoms with E-state index in [4.69, 9.17) is 4.52 Å². The van der Waals surface area contributed by atoms with E-state index in [0.29, 0.717) is 11.3 Å². The summed E-state index contributed by atoms with van der Waals surface area (Å²) in [5, 5.41) is 7.86. The van der Waals surface area contributed by atoms with Crippen molar-refractivity contribution in [2.75, 3.05) is 38.0 Å². The van der Waals surface area contributed by atoms with Crippen molar-refractivity contribution in [3.05, 3.63) is 59.8 Å². The maximum Gasteiger partial charge on any atom is 0.230 e. The topological polar surface area (TPSA) is 61.6 Å². The minimum absolute atomic E-state index is 0.0949. The maximum absolute atomic E-state index is 12.4. The van der Waals surface area contributed by atoms with Crippen molar-refractivity contribution in [3.63, 3.8) is 0 Å². The normalized spacial score (nSPS) is 15.8. The standard InChI is InChI=1S/C22H26N4O2/c1-2-25-11-13-26(14-12-25)16-17-7-9-18(10-8-17)23-22(27)15-20-19-5-3-4-6-21(19)28-24-20/h3-10H,2,11-16H2,1H3,(H,23,27). The number of para-hydroxylation sites is 1. The van der Waals surface area contributed by atoms with E-state index in [9.17, 15) is 4.79 Å². The van der Waals surface area contributed by atoms with Gasteiger partial charge in [0.1, 0.15) is 5.69 Å². The lowest BCUT2D eigenvalue weighted by Crippen LogP contribution is -2.45. The number of anilines is 1. The second-order valence-corrected chi connectivity index (χ2v) is 7.26. The van der Waals surface area contributed by atoms with Gasteiger partial charge in [-0.3, -0.25) is 9.69 Å². The van der Waals surface area contributed by atoms with Gasteiger partial charge < -0.3 is 14.7 Å². The molecular formula is C22H26N4O2. The molecule has 1 amide bonds. The first-order valence-electron chi connectivity index (χ1n) is 9.88. The summed E-state index contributed by atoms with van der Waals surface area (Å²) in [5.74, 6) is -0.0949. The molecule has 146 valence electrons. The van der Waals surface area contributed by atoms with Crippen LogP contribution in [0.3, 0.4) is 0 Å². The van der Waals surface area contributed by atoms with Gasteiger partial charge in [-0.25, -0.2) is 0 Å². The zero-order valence-electron chi connectivity index (χ0n) is 16.2. The number of likely N-dealkylation sites (N-methyl/N-ethyl adjacent to an activating group) is 1. The highest BCUT2D eigenvalue weighted by molar-refractivity contribution is 5.94. The fourth-order valence-corrected chi connectivity index (χ4v) is 3.64. The number of hydrogen-bond donors (Lipinski definition) is 1. The van der Waals surface area contributed by atoms with Crippen LogP contribution in [-0.2, 0) is 17.8 Å². The van der Waals surface area contributed by atoms with Crippen molar-refractivity contribution >= 4 is 22.6 Å². The first-order chi connectivity index (χ1) is 13.7. The predicted molar refractivity (Wildman–Crippen MR) is 110 cm³/mol. The van der Waals surface area contributed by atoms with E-state index in [2.05, 4.69) is 39.3 Å². The largest absolute Gasteiger partial charge is 0.356 e. The Balaban J connectivity index is 1.31. The SMILES string of the molecule is CCN1CCN(Cc2ccc(NC(=O)Cc3noc4ccccc34)cc2)CC1. The molecule has 0 spiro atoms. The molecule has 4 rings (SSSR count). The van der Waals surface area contributed by atoms with Gasteiger partial charge in [-0.05, 0) is 36.4 Å². The number of nitrogens with one attached hydrogen (secondary N) is 1. The van der Waals surface area contributed by atoms with Gasteiger partial charge in [0, 0.05) is 43.8 Å². The van der Waals surface area contributed by atoms with Gasteiger partial charge in [0.2, 0.25) is 5.91 Å². The van der Waals surface area contributed by atoms with Gasteiger partial charge in [-0.15, -0.1) is 0 Å². The molecule has 0 atom stereocenters. The van der Waals surface area contributed by atoms with E-state index in [0.717, 1.165) is 50.3 Å². The highest BCUT2D eigenvalue weighted by Gasteiger charge is 2.16. The molecule has 0 saturated carbocycles. The van der Waals surface area contributed by atoms with Crippen LogP contribution >= 0.6 is 0 Å². The van der Waals surface area contributed by atoms with Gasteiger partial charge in [0.25, 0.3) is 0 Å². The summed E-state index contributed by atoms with van der Waals surface area (Å²) >= 11 is 0. The van der Waals surface area contributed by atoms with E-state index in [1.54, 1.807) is 0 Å². The third kappa shape index (κ3) is 4.40. The van der Waals surface area contributed by atoms with Crippen LogP contribution in [0.2, 0.25) is 0 Å². The summed E-state index contributed by atoms with van der Waals surface area (Å²) < 4.78 is 5.26. The zero-order valence-corrected chi connectivity index (χ0v) is 16.2. The van der Waals surface area contributed by atoms with Gasteiger partial charge in [-0.1, -0.05) is 36.3 Å². The number of aromatic nitrogens is 1. The van der Waals surface area contributed by atoms with Crippen molar-refractivity contribution in [2.45, 2.75) is 19.9 Å². The lowest BCUT2D eigenvalue weighted by Gasteiger charge is -2.34. The number of carbonyl (C=O) groups excluding carboxylic acids is 1. The lowest BCUT2D eigenvalue weighted by atomic mass is 10.1. The summed E-state index contributed by atoms with van der Waals surface area (Å²) in [6, 6.07) is 15.7. The summed E-state index contributed by atoms with van der Waals surface area (Å²) in [4.78, 5) is 17.3. The van der Waals surface area contributed by atoms with E-state index in [1.165, 1.54) is 5.56 Å². The van der Waals surface area contributed by atoms with Crippen LogP contribution in [0.4, 0.5) is 5.69 Å². The van der Waals surface area contributed by atoms with Gasteiger partial charge in [0.05, 0.1) is 6.42 Å². The molecule has 6 nitrogen and oxygen atoms in total. The average molecular weight is 378 g/mol. The van der Waals surface area contributed by atoms with Crippen LogP contribution in [0.1, 0.15) is 18.2 Å². The summed E-state index contributed by atoms with van der Waals surface area (Å²) in [5.41, 5.74) is 3.44. The molecule has 1 aliphatic heterocycles. The molecule has 1 aliphatic rings. The second-order valence-electron chi connectivity index (χ2n) is 7.26. The highest BCUT2D eigenvalue weighted by Crippen LogP contribution is 2.19. The molecule has 2 heterocycles. The molecule has 1 aromatic heterocycles. The first-order valence-corrected chi connectivity index (χ1v) is 9.88. The summed E-state index contributed by atoms with van der Waals surface area (Å²) in [7, 11) is 0. The Labute approximate surface area is 165 Å². The number of rotatable bonds is 6. The number of piperazine rings is 1. The lowest BCUT2D eigenvalue weighted by molar-refractivity contribution is -0.115. The molecular weight excluding hydrogens is 352 g/mol. The van der Waals surface area contributed by atoms with Crippen molar-refractivity contribution in [2.24, 2.45) is 0 Å². The Morgan fingerprint density at radius 3 is 2.50 bits per heavy atom. The number of nitrogens with zero attached hydrogens (tertiary/aromatic N) is 3. The molecule has 1 fully saturated rings. The molecule has 3 aromatic rings. The van der Waals surface area contributed by atoms with E-state index < -0.39 is 0 Å². The van der Waals surface area contributed by atoms with Crippen LogP contribution in [-0.4, -0.2) is 53.6 Å². The first kappa shape index (κ1) is 18.7. The van der Waals surface area contributed by atoms with E-state index in [1.807, 2.05) is 36.4 Å². The molecule has 28 heavy (non-hydrogen) atoms. The molecule has 1 saturated heterocycles.